The zero-order chi connectivity index (χ0) is 15.3. The first-order valence-electron chi connectivity index (χ1n) is 7.87. The Morgan fingerprint density at radius 2 is 1.74 bits per heavy atom. The lowest BCUT2D eigenvalue weighted by Crippen LogP contribution is -2.43. The van der Waals surface area contributed by atoms with Crippen molar-refractivity contribution in [2.45, 2.75) is 24.9 Å². The fourth-order valence-electron chi connectivity index (χ4n) is 3.20. The molecule has 2 aromatic carbocycles. The van der Waals surface area contributed by atoms with Gasteiger partial charge in [0, 0.05) is 10.4 Å². The molecule has 0 bridgehead atoms. The molecule has 0 aliphatic carbocycles. The Morgan fingerprint density at radius 1 is 1.00 bits per heavy atom. The van der Waals surface area contributed by atoms with Crippen molar-refractivity contribution >= 4 is 24.0 Å². The molecule has 1 heterocycles. The van der Waals surface area contributed by atoms with Crippen LogP contribution in [0.25, 0.3) is 0 Å². The molecule has 0 unspecified atom stereocenters. The van der Waals surface area contributed by atoms with Crippen LogP contribution in [0.15, 0.2) is 54.6 Å². The molecule has 0 atom stereocenters. The second-order valence-electron chi connectivity index (χ2n) is 6.02. The minimum absolute atomic E-state index is 0. The predicted molar refractivity (Wildman–Crippen MR) is 98.6 cm³/mol. The first-order valence-corrected chi connectivity index (χ1v) is 8.25. The van der Waals surface area contributed by atoms with Crippen molar-refractivity contribution in [1.82, 2.24) is 5.32 Å². The molecule has 1 aliphatic heterocycles. The lowest BCUT2D eigenvalue weighted by atomic mass is 9.74. The van der Waals surface area contributed by atoms with Gasteiger partial charge < -0.3 is 10.1 Å². The highest BCUT2D eigenvalue weighted by Gasteiger charge is 2.34. The molecule has 23 heavy (non-hydrogen) atoms. The second-order valence-corrected chi connectivity index (χ2v) is 6.46. The third kappa shape index (κ3) is 4.71. The van der Waals surface area contributed by atoms with E-state index in [2.05, 4.69) is 41.7 Å². The van der Waals surface area contributed by atoms with Gasteiger partial charge in [0.15, 0.2) is 0 Å². The van der Waals surface area contributed by atoms with Gasteiger partial charge in [-0.1, -0.05) is 54.1 Å². The van der Waals surface area contributed by atoms with E-state index < -0.39 is 0 Å². The molecular formula is C19H23Cl2NO. The topological polar surface area (TPSA) is 21.3 Å². The molecule has 1 saturated heterocycles. The average Bonchev–Trinajstić information content (AvgIpc) is 2.57. The van der Waals surface area contributed by atoms with Gasteiger partial charge in [-0.3, -0.25) is 0 Å². The SMILES string of the molecule is Cl.Clc1cccc(COCC2(c3ccccc3)CCNCC2)c1. The summed E-state index contributed by atoms with van der Waals surface area (Å²) in [6, 6.07) is 18.7. The molecule has 2 nitrogen and oxygen atoms in total. The van der Waals surface area contributed by atoms with E-state index in [-0.39, 0.29) is 17.8 Å². The van der Waals surface area contributed by atoms with Gasteiger partial charge in [0.05, 0.1) is 13.2 Å². The lowest BCUT2D eigenvalue weighted by Gasteiger charge is -2.38. The number of benzene rings is 2. The van der Waals surface area contributed by atoms with Crippen molar-refractivity contribution in [3.05, 3.63) is 70.7 Å². The maximum atomic E-state index is 6.09. The number of hydrogen-bond acceptors (Lipinski definition) is 2. The van der Waals surface area contributed by atoms with Crippen molar-refractivity contribution in [1.29, 1.82) is 0 Å². The fourth-order valence-corrected chi connectivity index (χ4v) is 3.42. The Labute approximate surface area is 149 Å². The maximum Gasteiger partial charge on any atom is 0.0717 e. The first kappa shape index (κ1) is 18.3. The summed E-state index contributed by atoms with van der Waals surface area (Å²) in [5.74, 6) is 0. The summed E-state index contributed by atoms with van der Waals surface area (Å²) < 4.78 is 6.09. The summed E-state index contributed by atoms with van der Waals surface area (Å²) in [7, 11) is 0. The van der Waals surface area contributed by atoms with Crippen LogP contribution in [-0.4, -0.2) is 19.7 Å². The van der Waals surface area contributed by atoms with Crippen molar-refractivity contribution in [3.8, 4) is 0 Å². The Kier molecular flexibility index (Phi) is 6.91. The van der Waals surface area contributed by atoms with Crippen LogP contribution in [-0.2, 0) is 16.8 Å². The molecule has 1 aliphatic rings. The molecule has 0 saturated carbocycles. The van der Waals surface area contributed by atoms with E-state index in [9.17, 15) is 0 Å². The van der Waals surface area contributed by atoms with E-state index in [0.29, 0.717) is 6.61 Å². The van der Waals surface area contributed by atoms with Crippen molar-refractivity contribution in [2.75, 3.05) is 19.7 Å². The molecule has 4 heteroatoms. The summed E-state index contributed by atoms with van der Waals surface area (Å²) in [5.41, 5.74) is 2.65. The Morgan fingerprint density at radius 3 is 2.43 bits per heavy atom. The van der Waals surface area contributed by atoms with Crippen LogP contribution in [0.3, 0.4) is 0 Å². The normalized spacial score (nSPS) is 16.6. The molecule has 124 valence electrons. The lowest BCUT2D eigenvalue weighted by molar-refractivity contribution is 0.0565. The summed E-state index contributed by atoms with van der Waals surface area (Å²) in [4.78, 5) is 0. The molecule has 0 amide bonds. The van der Waals surface area contributed by atoms with Crippen LogP contribution in [0.2, 0.25) is 5.02 Å². The summed E-state index contributed by atoms with van der Waals surface area (Å²) in [6.45, 7) is 3.47. The predicted octanol–water partition coefficient (Wildman–Crippen LogP) is 4.60. The number of hydrogen-bond donors (Lipinski definition) is 1. The van der Waals surface area contributed by atoms with Crippen molar-refractivity contribution in [2.24, 2.45) is 0 Å². The van der Waals surface area contributed by atoms with Crippen LogP contribution in [0.1, 0.15) is 24.0 Å². The van der Waals surface area contributed by atoms with Crippen molar-refractivity contribution < 1.29 is 4.74 Å². The van der Waals surface area contributed by atoms with Gasteiger partial charge in [-0.25, -0.2) is 0 Å². The van der Waals surface area contributed by atoms with E-state index >= 15 is 0 Å². The molecule has 3 rings (SSSR count). The highest BCUT2D eigenvalue weighted by Crippen LogP contribution is 2.34. The summed E-state index contributed by atoms with van der Waals surface area (Å²) in [6.07, 6.45) is 2.24. The highest BCUT2D eigenvalue weighted by atomic mass is 35.5. The summed E-state index contributed by atoms with van der Waals surface area (Å²) in [5, 5.41) is 4.22. The third-order valence-electron chi connectivity index (χ3n) is 4.48. The molecule has 0 radical (unpaired) electrons. The summed E-state index contributed by atoms with van der Waals surface area (Å²) >= 11 is 6.03. The Hall–Kier alpha value is -1.06. The van der Waals surface area contributed by atoms with Crippen LogP contribution < -0.4 is 5.32 Å². The van der Waals surface area contributed by atoms with Crippen LogP contribution in [0.4, 0.5) is 0 Å². The van der Waals surface area contributed by atoms with Gasteiger partial charge in [-0.05, 0) is 49.2 Å². The number of halogens is 2. The smallest absolute Gasteiger partial charge is 0.0717 e. The Balaban J connectivity index is 0.00000192. The van der Waals surface area contributed by atoms with E-state index in [1.54, 1.807) is 0 Å². The average molecular weight is 352 g/mol. The van der Waals surface area contributed by atoms with E-state index in [1.807, 2.05) is 18.2 Å². The van der Waals surface area contributed by atoms with Crippen molar-refractivity contribution in [3.63, 3.8) is 0 Å². The molecule has 0 spiro atoms. The van der Waals surface area contributed by atoms with Gasteiger partial charge in [0.2, 0.25) is 0 Å². The van der Waals surface area contributed by atoms with Gasteiger partial charge in [0.1, 0.15) is 0 Å². The Bertz CT molecular complexity index is 597. The van der Waals surface area contributed by atoms with E-state index in [0.717, 1.165) is 43.1 Å². The largest absolute Gasteiger partial charge is 0.376 e. The maximum absolute atomic E-state index is 6.09. The molecule has 2 aromatic rings. The number of ether oxygens (including phenoxy) is 1. The fraction of sp³-hybridized carbons (Fsp3) is 0.368. The van der Waals surface area contributed by atoms with Gasteiger partial charge in [0.25, 0.3) is 0 Å². The molecule has 1 N–H and O–H groups in total. The van der Waals surface area contributed by atoms with Crippen LogP contribution in [0.5, 0.6) is 0 Å². The molecule has 0 aromatic heterocycles. The van der Waals surface area contributed by atoms with Crippen LogP contribution >= 0.6 is 24.0 Å². The first-order chi connectivity index (χ1) is 10.8. The van der Waals surface area contributed by atoms with Crippen LogP contribution in [0, 0.1) is 0 Å². The minimum atomic E-state index is 0. The number of nitrogens with one attached hydrogen (secondary N) is 1. The second kappa shape index (κ2) is 8.70. The standard InChI is InChI=1S/C19H22ClNO.ClH/c20-18-8-4-5-16(13-18)14-22-15-19(9-11-21-12-10-19)17-6-2-1-3-7-17;/h1-8,13,21H,9-12,14-15H2;1H. The van der Waals surface area contributed by atoms with Gasteiger partial charge >= 0.3 is 0 Å². The van der Waals surface area contributed by atoms with E-state index in [1.165, 1.54) is 5.56 Å². The number of rotatable bonds is 5. The zero-order valence-corrected chi connectivity index (χ0v) is 14.7. The molecule has 1 fully saturated rings. The third-order valence-corrected chi connectivity index (χ3v) is 4.72. The highest BCUT2D eigenvalue weighted by molar-refractivity contribution is 6.30. The number of piperidine rings is 1. The zero-order valence-electron chi connectivity index (χ0n) is 13.1. The minimum Gasteiger partial charge on any atom is -0.376 e. The molecular weight excluding hydrogens is 329 g/mol. The monoisotopic (exact) mass is 351 g/mol. The van der Waals surface area contributed by atoms with Gasteiger partial charge in [-0.2, -0.15) is 0 Å². The quantitative estimate of drug-likeness (QED) is 0.849. The van der Waals surface area contributed by atoms with E-state index in [4.69, 9.17) is 16.3 Å². The van der Waals surface area contributed by atoms with Gasteiger partial charge in [-0.15, -0.1) is 12.4 Å².